The standard InChI is InChI=1S/C60H38/c1-3-19-39(20-4-1)45-36-35-41-23-9-10-26-44(41)57(45)58-50-31-15-17-33-52(50)60(53-34-18-16-32-51(53)58)59-48-29-13-11-27-46(48)56(47-28-12-14-30-49(47)59)55-38-43-25-8-7-24-42(43)37-54(55)40-21-5-2-6-22-40/h1-38H. The van der Waals surface area contributed by atoms with Gasteiger partial charge in [-0.3, -0.25) is 0 Å². The molecule has 0 spiro atoms. The van der Waals surface area contributed by atoms with E-state index >= 15 is 0 Å². The number of hydrogen-bond donors (Lipinski definition) is 0. The lowest BCUT2D eigenvalue weighted by atomic mass is 9.79. The normalized spacial score (nSPS) is 11.7. The zero-order valence-electron chi connectivity index (χ0n) is 32.9. The van der Waals surface area contributed by atoms with Crippen molar-refractivity contribution in [3.8, 4) is 55.6 Å². The van der Waals surface area contributed by atoms with Crippen molar-refractivity contribution in [2.24, 2.45) is 0 Å². The molecule has 0 aromatic heterocycles. The Kier molecular flexibility index (Phi) is 7.96. The first-order valence-electron chi connectivity index (χ1n) is 20.9. The zero-order chi connectivity index (χ0) is 39.6. The van der Waals surface area contributed by atoms with Crippen molar-refractivity contribution in [1.29, 1.82) is 0 Å². The SMILES string of the molecule is c1ccc(-c2cc3ccccc3cc2-c2c3ccccc3c(-c3c4ccccc4c(-c4c(-c5ccccc5)ccc5ccccc45)c4ccccc34)c3ccccc23)cc1. The summed E-state index contributed by atoms with van der Waals surface area (Å²) in [7, 11) is 0. The van der Waals surface area contributed by atoms with Crippen LogP contribution in [-0.2, 0) is 0 Å². The molecule has 60 heavy (non-hydrogen) atoms. The van der Waals surface area contributed by atoms with Gasteiger partial charge in [0.1, 0.15) is 0 Å². The van der Waals surface area contributed by atoms with Gasteiger partial charge in [-0.1, -0.05) is 218 Å². The summed E-state index contributed by atoms with van der Waals surface area (Å²) < 4.78 is 0. The van der Waals surface area contributed by atoms with E-state index in [0.29, 0.717) is 0 Å². The molecule has 0 radical (unpaired) electrons. The van der Waals surface area contributed by atoms with Crippen LogP contribution >= 0.6 is 0 Å². The molecule has 0 aliphatic heterocycles. The van der Waals surface area contributed by atoms with E-state index in [1.807, 2.05) is 0 Å². The van der Waals surface area contributed by atoms with E-state index in [4.69, 9.17) is 0 Å². The van der Waals surface area contributed by atoms with Gasteiger partial charge in [-0.2, -0.15) is 0 Å². The van der Waals surface area contributed by atoms with Crippen molar-refractivity contribution in [2.45, 2.75) is 0 Å². The third-order valence-electron chi connectivity index (χ3n) is 12.6. The Morgan fingerprint density at radius 1 is 0.167 bits per heavy atom. The van der Waals surface area contributed by atoms with Crippen molar-refractivity contribution in [1.82, 2.24) is 0 Å². The third kappa shape index (κ3) is 5.32. The molecule has 0 aliphatic rings. The van der Waals surface area contributed by atoms with Crippen LogP contribution in [0.5, 0.6) is 0 Å². The topological polar surface area (TPSA) is 0 Å². The minimum absolute atomic E-state index is 1.21. The number of fused-ring (bicyclic) bond motifs is 6. The van der Waals surface area contributed by atoms with E-state index in [1.54, 1.807) is 0 Å². The second kappa shape index (κ2) is 13.9. The van der Waals surface area contributed by atoms with E-state index in [1.165, 1.54) is 120 Å². The molecular weight excluding hydrogens is 721 g/mol. The van der Waals surface area contributed by atoms with Gasteiger partial charge in [-0.25, -0.2) is 0 Å². The Morgan fingerprint density at radius 2 is 0.483 bits per heavy atom. The van der Waals surface area contributed by atoms with Gasteiger partial charge in [0.05, 0.1) is 0 Å². The Morgan fingerprint density at radius 3 is 0.933 bits per heavy atom. The lowest BCUT2D eigenvalue weighted by Crippen LogP contribution is -1.96. The van der Waals surface area contributed by atoms with Crippen molar-refractivity contribution in [3.05, 3.63) is 231 Å². The molecule has 0 atom stereocenters. The van der Waals surface area contributed by atoms with E-state index in [-0.39, 0.29) is 0 Å². The quantitative estimate of drug-likeness (QED) is 0.153. The molecule has 0 amide bonds. The van der Waals surface area contributed by atoms with Crippen LogP contribution in [0.25, 0.3) is 120 Å². The van der Waals surface area contributed by atoms with Crippen LogP contribution in [0, 0.1) is 0 Å². The summed E-state index contributed by atoms with van der Waals surface area (Å²) in [6.45, 7) is 0. The lowest BCUT2D eigenvalue weighted by Gasteiger charge is -2.24. The van der Waals surface area contributed by atoms with E-state index < -0.39 is 0 Å². The maximum atomic E-state index is 2.42. The molecule has 0 unspecified atom stereocenters. The molecular formula is C60H38. The molecule has 0 heterocycles. The molecule has 0 heteroatoms. The Bertz CT molecular complexity index is 3520. The van der Waals surface area contributed by atoms with Crippen molar-refractivity contribution >= 4 is 64.6 Å². The van der Waals surface area contributed by atoms with E-state index in [9.17, 15) is 0 Å². The molecule has 0 N–H and O–H groups in total. The van der Waals surface area contributed by atoms with Crippen LogP contribution in [0.15, 0.2) is 231 Å². The summed E-state index contributed by atoms with van der Waals surface area (Å²) in [6.07, 6.45) is 0. The second-order valence-corrected chi connectivity index (χ2v) is 15.9. The molecule has 0 fully saturated rings. The molecule has 0 bridgehead atoms. The molecule has 12 rings (SSSR count). The van der Waals surface area contributed by atoms with Gasteiger partial charge in [0.25, 0.3) is 0 Å². The van der Waals surface area contributed by atoms with Crippen LogP contribution < -0.4 is 0 Å². The molecule has 12 aromatic carbocycles. The van der Waals surface area contributed by atoms with Gasteiger partial charge in [-0.15, -0.1) is 0 Å². The molecule has 278 valence electrons. The second-order valence-electron chi connectivity index (χ2n) is 15.9. The third-order valence-corrected chi connectivity index (χ3v) is 12.6. The summed E-state index contributed by atoms with van der Waals surface area (Å²) in [6, 6.07) is 85.2. The molecule has 0 saturated heterocycles. The summed E-state index contributed by atoms with van der Waals surface area (Å²) >= 11 is 0. The van der Waals surface area contributed by atoms with Crippen LogP contribution in [0.1, 0.15) is 0 Å². The summed E-state index contributed by atoms with van der Waals surface area (Å²) in [4.78, 5) is 0. The molecule has 0 saturated carbocycles. The number of benzene rings is 12. The van der Waals surface area contributed by atoms with E-state index in [0.717, 1.165) is 0 Å². The van der Waals surface area contributed by atoms with Gasteiger partial charge < -0.3 is 0 Å². The first-order valence-corrected chi connectivity index (χ1v) is 20.9. The Hall–Kier alpha value is -7.80. The molecule has 0 aliphatic carbocycles. The maximum Gasteiger partial charge on any atom is -0.00139 e. The fourth-order valence-corrected chi connectivity index (χ4v) is 10.1. The van der Waals surface area contributed by atoms with Crippen LogP contribution in [-0.4, -0.2) is 0 Å². The average Bonchev–Trinajstić information content (AvgIpc) is 3.32. The van der Waals surface area contributed by atoms with Gasteiger partial charge in [-0.05, 0) is 132 Å². The monoisotopic (exact) mass is 758 g/mol. The predicted octanol–water partition coefficient (Wildman–Crippen LogP) is 16.9. The Balaban J connectivity index is 1.24. The van der Waals surface area contributed by atoms with Gasteiger partial charge in [0.15, 0.2) is 0 Å². The highest BCUT2D eigenvalue weighted by atomic mass is 14.3. The first-order chi connectivity index (χ1) is 29.8. The predicted molar refractivity (Wildman–Crippen MR) is 259 cm³/mol. The summed E-state index contributed by atoms with van der Waals surface area (Å²) in [5.74, 6) is 0. The van der Waals surface area contributed by atoms with Crippen LogP contribution in [0.2, 0.25) is 0 Å². The maximum absolute atomic E-state index is 2.42. The fourth-order valence-electron chi connectivity index (χ4n) is 10.1. The van der Waals surface area contributed by atoms with Crippen molar-refractivity contribution in [3.63, 3.8) is 0 Å². The zero-order valence-corrected chi connectivity index (χ0v) is 32.9. The van der Waals surface area contributed by atoms with Crippen molar-refractivity contribution < 1.29 is 0 Å². The first kappa shape index (κ1) is 34.3. The summed E-state index contributed by atoms with van der Waals surface area (Å²) in [5, 5.41) is 14.9. The molecule has 0 nitrogen and oxygen atoms in total. The largest absolute Gasteiger partial charge is 0.0622 e. The van der Waals surface area contributed by atoms with Gasteiger partial charge in [0.2, 0.25) is 0 Å². The van der Waals surface area contributed by atoms with Crippen molar-refractivity contribution in [2.75, 3.05) is 0 Å². The van der Waals surface area contributed by atoms with Gasteiger partial charge in [0, 0.05) is 0 Å². The molecule has 12 aromatic rings. The Labute approximate surface area is 349 Å². The average molecular weight is 759 g/mol. The number of rotatable bonds is 5. The minimum Gasteiger partial charge on any atom is -0.0622 e. The fraction of sp³-hybridized carbons (Fsp3) is 0. The lowest BCUT2D eigenvalue weighted by molar-refractivity contribution is 1.63. The number of hydrogen-bond acceptors (Lipinski definition) is 0. The highest BCUT2D eigenvalue weighted by Gasteiger charge is 2.25. The van der Waals surface area contributed by atoms with Gasteiger partial charge >= 0.3 is 0 Å². The smallest absolute Gasteiger partial charge is 0.00139 e. The van der Waals surface area contributed by atoms with Crippen LogP contribution in [0.4, 0.5) is 0 Å². The van der Waals surface area contributed by atoms with Crippen LogP contribution in [0.3, 0.4) is 0 Å². The minimum atomic E-state index is 1.21. The highest BCUT2D eigenvalue weighted by Crippen LogP contribution is 2.53. The highest BCUT2D eigenvalue weighted by molar-refractivity contribution is 6.31. The summed E-state index contributed by atoms with van der Waals surface area (Å²) in [5.41, 5.74) is 12.5. The van der Waals surface area contributed by atoms with E-state index in [2.05, 4.69) is 231 Å².